The van der Waals surface area contributed by atoms with Crippen molar-refractivity contribution in [3.63, 3.8) is 0 Å². The molecule has 0 unspecified atom stereocenters. The van der Waals surface area contributed by atoms with Gasteiger partial charge in [-0.25, -0.2) is 4.68 Å². The molecule has 0 aliphatic carbocycles. The fourth-order valence-corrected chi connectivity index (χ4v) is 3.81. The summed E-state index contributed by atoms with van der Waals surface area (Å²) in [4.78, 5) is 0. The molecule has 0 aliphatic heterocycles. The highest BCUT2D eigenvalue weighted by Gasteiger charge is 2.35. The number of nitrogens with zero attached hydrogens (tertiary/aromatic N) is 2. The van der Waals surface area contributed by atoms with Crippen molar-refractivity contribution in [1.29, 1.82) is 0 Å². The molecule has 1 aromatic heterocycles. The van der Waals surface area contributed by atoms with E-state index >= 15 is 0 Å². The van der Waals surface area contributed by atoms with Gasteiger partial charge in [0.1, 0.15) is 23.9 Å². The number of hydrogen-bond donors (Lipinski definition) is 1. The molecule has 0 bridgehead atoms. The Morgan fingerprint density at radius 1 is 1.00 bits per heavy atom. The Hall–Kier alpha value is -3.65. The number of halogens is 4. The lowest BCUT2D eigenvalue weighted by molar-refractivity contribution is -0.141. The van der Waals surface area contributed by atoms with Crippen molar-refractivity contribution in [3.8, 4) is 34.1 Å². The zero-order valence-electron chi connectivity index (χ0n) is 18.2. The van der Waals surface area contributed by atoms with E-state index in [1.165, 1.54) is 17.9 Å². The summed E-state index contributed by atoms with van der Waals surface area (Å²) in [6, 6.07) is 17.7. The number of phenols is 1. The molecule has 1 heterocycles. The van der Waals surface area contributed by atoms with Gasteiger partial charge in [0.05, 0.1) is 23.5 Å². The first-order valence-corrected chi connectivity index (χ1v) is 10.6. The first kappa shape index (κ1) is 23.5. The van der Waals surface area contributed by atoms with Gasteiger partial charge in [-0.2, -0.15) is 18.3 Å². The lowest BCUT2D eigenvalue weighted by atomic mass is 10.0. The molecule has 0 saturated heterocycles. The monoisotopic (exact) mass is 488 g/mol. The van der Waals surface area contributed by atoms with Crippen molar-refractivity contribution in [1.82, 2.24) is 9.78 Å². The molecule has 0 atom stereocenters. The molecule has 1 N–H and O–H groups in total. The number of benzene rings is 3. The molecule has 0 fully saturated rings. The Kier molecular flexibility index (Phi) is 6.43. The third-order valence-corrected chi connectivity index (χ3v) is 5.53. The third-order valence-electron chi connectivity index (χ3n) is 5.23. The van der Waals surface area contributed by atoms with Gasteiger partial charge >= 0.3 is 6.18 Å². The second kappa shape index (κ2) is 9.30. The highest BCUT2D eigenvalue weighted by atomic mass is 35.5. The zero-order chi connectivity index (χ0) is 24.5. The van der Waals surface area contributed by atoms with Crippen LogP contribution in [0.25, 0.3) is 16.8 Å². The summed E-state index contributed by atoms with van der Waals surface area (Å²) in [5.74, 6) is 1.12. The van der Waals surface area contributed by atoms with E-state index in [9.17, 15) is 18.3 Å². The first-order valence-electron chi connectivity index (χ1n) is 10.2. The standard InChI is InChI=1S/C25H20ClF3N2O3/c1-15-4-3-5-21(26)24(15)31-17(12-23(30-31)25(27,28)29)14-34-18-8-6-16(7-9-18)20-13-19(33-2)10-11-22(20)32/h3-13,32H,14H2,1-2H3. The molecular weight excluding hydrogens is 469 g/mol. The van der Waals surface area contributed by atoms with Crippen LogP contribution < -0.4 is 9.47 Å². The summed E-state index contributed by atoms with van der Waals surface area (Å²) in [6.07, 6.45) is -4.62. The van der Waals surface area contributed by atoms with Crippen LogP contribution >= 0.6 is 11.6 Å². The second-order valence-electron chi connectivity index (χ2n) is 7.53. The fourth-order valence-electron chi connectivity index (χ4n) is 3.51. The molecule has 0 radical (unpaired) electrons. The van der Waals surface area contributed by atoms with Crippen LogP contribution in [0.3, 0.4) is 0 Å². The summed E-state index contributed by atoms with van der Waals surface area (Å²) >= 11 is 6.27. The summed E-state index contributed by atoms with van der Waals surface area (Å²) in [5, 5.41) is 14.2. The molecule has 4 aromatic rings. The number of alkyl halides is 3. The summed E-state index contributed by atoms with van der Waals surface area (Å²) in [7, 11) is 1.53. The van der Waals surface area contributed by atoms with Crippen molar-refractivity contribution >= 4 is 11.6 Å². The van der Waals surface area contributed by atoms with Crippen LogP contribution in [-0.2, 0) is 12.8 Å². The molecular formula is C25H20ClF3N2O3. The maximum atomic E-state index is 13.4. The van der Waals surface area contributed by atoms with E-state index in [0.717, 1.165) is 11.6 Å². The molecule has 3 aromatic carbocycles. The molecule has 176 valence electrons. The van der Waals surface area contributed by atoms with Gasteiger partial charge in [-0.05, 0) is 60.5 Å². The maximum absolute atomic E-state index is 13.4. The van der Waals surface area contributed by atoms with Crippen molar-refractivity contribution in [2.45, 2.75) is 19.7 Å². The van der Waals surface area contributed by atoms with Crippen molar-refractivity contribution in [2.75, 3.05) is 7.11 Å². The zero-order valence-corrected chi connectivity index (χ0v) is 19.0. The minimum Gasteiger partial charge on any atom is -0.507 e. The van der Waals surface area contributed by atoms with E-state index in [0.29, 0.717) is 28.3 Å². The number of methoxy groups -OCH3 is 1. The van der Waals surface area contributed by atoms with Gasteiger partial charge < -0.3 is 14.6 Å². The quantitative estimate of drug-likeness (QED) is 0.324. The average molecular weight is 489 g/mol. The Morgan fingerprint density at radius 3 is 2.35 bits per heavy atom. The third kappa shape index (κ3) is 4.82. The normalized spacial score (nSPS) is 11.5. The minimum atomic E-state index is -4.62. The van der Waals surface area contributed by atoms with Gasteiger partial charge in [0.15, 0.2) is 5.69 Å². The number of phenolic OH excluding ortho intramolecular Hbond substituents is 1. The van der Waals surface area contributed by atoms with Gasteiger partial charge in [0.2, 0.25) is 0 Å². The van der Waals surface area contributed by atoms with E-state index in [4.69, 9.17) is 21.1 Å². The average Bonchev–Trinajstić information content (AvgIpc) is 3.23. The molecule has 0 amide bonds. The SMILES string of the molecule is COc1ccc(O)c(-c2ccc(OCc3cc(C(F)(F)F)nn3-c3c(C)cccc3Cl)cc2)c1. The van der Waals surface area contributed by atoms with E-state index in [2.05, 4.69) is 5.10 Å². The van der Waals surface area contributed by atoms with Crippen LogP contribution in [-0.4, -0.2) is 22.0 Å². The van der Waals surface area contributed by atoms with Crippen LogP contribution in [0.4, 0.5) is 13.2 Å². The van der Waals surface area contributed by atoms with Gasteiger partial charge in [0.25, 0.3) is 0 Å². The topological polar surface area (TPSA) is 56.5 Å². The van der Waals surface area contributed by atoms with Gasteiger partial charge in [-0.1, -0.05) is 35.9 Å². The molecule has 5 nitrogen and oxygen atoms in total. The molecule has 34 heavy (non-hydrogen) atoms. The lowest BCUT2D eigenvalue weighted by Crippen LogP contribution is -2.10. The number of aromatic nitrogens is 2. The molecule has 4 rings (SSSR count). The van der Waals surface area contributed by atoms with Crippen molar-refractivity contribution in [2.24, 2.45) is 0 Å². The molecule has 0 saturated carbocycles. The Balaban J connectivity index is 1.61. The summed E-state index contributed by atoms with van der Waals surface area (Å²) in [6.45, 7) is 1.57. The van der Waals surface area contributed by atoms with Crippen LogP contribution in [0.15, 0.2) is 66.7 Å². The fraction of sp³-hybridized carbons (Fsp3) is 0.160. The number of aromatic hydroxyl groups is 1. The number of para-hydroxylation sites is 1. The summed E-state index contributed by atoms with van der Waals surface area (Å²) < 4.78 is 52.3. The molecule has 0 spiro atoms. The largest absolute Gasteiger partial charge is 0.507 e. The van der Waals surface area contributed by atoms with Crippen LogP contribution in [0, 0.1) is 6.92 Å². The van der Waals surface area contributed by atoms with E-state index < -0.39 is 11.9 Å². The molecule has 9 heteroatoms. The number of aryl methyl sites for hydroxylation is 1. The maximum Gasteiger partial charge on any atom is 0.435 e. The molecule has 0 aliphatic rings. The number of ether oxygens (including phenoxy) is 2. The number of rotatable bonds is 6. The van der Waals surface area contributed by atoms with E-state index in [-0.39, 0.29) is 23.1 Å². The first-order chi connectivity index (χ1) is 16.2. The van der Waals surface area contributed by atoms with E-state index in [1.807, 2.05) is 0 Å². The van der Waals surface area contributed by atoms with Gasteiger partial charge in [0, 0.05) is 5.56 Å². The highest BCUT2D eigenvalue weighted by molar-refractivity contribution is 6.32. The van der Waals surface area contributed by atoms with Crippen molar-refractivity contribution < 1.29 is 27.8 Å². The van der Waals surface area contributed by atoms with Crippen LogP contribution in [0.1, 0.15) is 17.0 Å². The van der Waals surface area contributed by atoms with Crippen LogP contribution in [0.5, 0.6) is 17.2 Å². The number of hydrogen-bond acceptors (Lipinski definition) is 4. The van der Waals surface area contributed by atoms with Gasteiger partial charge in [-0.3, -0.25) is 0 Å². The predicted molar refractivity (Wildman–Crippen MR) is 123 cm³/mol. The Bertz CT molecular complexity index is 1300. The predicted octanol–water partition coefficient (Wildman–Crippen LogP) is 6.81. The Morgan fingerprint density at radius 2 is 1.71 bits per heavy atom. The van der Waals surface area contributed by atoms with Crippen LogP contribution in [0.2, 0.25) is 5.02 Å². The Labute approximate surface area is 198 Å². The van der Waals surface area contributed by atoms with E-state index in [1.54, 1.807) is 61.5 Å². The lowest BCUT2D eigenvalue weighted by Gasteiger charge is -2.13. The second-order valence-corrected chi connectivity index (χ2v) is 7.94. The van der Waals surface area contributed by atoms with Gasteiger partial charge in [-0.15, -0.1) is 0 Å². The smallest absolute Gasteiger partial charge is 0.435 e. The minimum absolute atomic E-state index is 0.0909. The highest BCUT2D eigenvalue weighted by Crippen LogP contribution is 2.35. The summed E-state index contributed by atoms with van der Waals surface area (Å²) in [5.41, 5.74) is 1.50. The van der Waals surface area contributed by atoms with Crippen molar-refractivity contribution in [3.05, 3.63) is 88.7 Å².